The fourth-order valence-corrected chi connectivity index (χ4v) is 9.65. The Morgan fingerprint density at radius 1 is 0.511 bits per heavy atom. The summed E-state index contributed by atoms with van der Waals surface area (Å²) < 4.78 is 2.42. The molecule has 4 heterocycles. The lowest BCUT2D eigenvalue weighted by molar-refractivity contribution is 0.593. The van der Waals surface area contributed by atoms with Gasteiger partial charge in [-0.25, -0.2) is 0 Å². The fourth-order valence-electron chi connectivity index (χ4n) is 8.52. The van der Waals surface area contributed by atoms with Crippen molar-refractivity contribution < 1.29 is 0 Å². The zero-order chi connectivity index (χ0) is 30.2. The van der Waals surface area contributed by atoms with Crippen molar-refractivity contribution in [1.82, 2.24) is 4.57 Å². The zero-order valence-corrected chi connectivity index (χ0v) is 26.7. The number of nitrogens with zero attached hydrogens (tertiary/aromatic N) is 2. The number of hydrogen-bond acceptors (Lipinski definition) is 2. The first kappa shape index (κ1) is 25.6. The van der Waals surface area contributed by atoms with Crippen LogP contribution in [0.2, 0.25) is 0 Å². The molecule has 3 heteroatoms. The standard InChI is InChI=1S/C42H32N2S/c1-41(2)29-17-11-21-35-39(29)44-38-31(41)23-25(24-32(38)42(3,4)30-18-12-22-36(45-35)40(30)44)27-16-10-20-34-37(27)28-15-8-9-19-33(28)43(34)26-13-6-5-7-14-26/h5-24H,1-4H3. The van der Waals surface area contributed by atoms with E-state index in [4.69, 9.17) is 0 Å². The molecule has 10 rings (SSSR count). The fraction of sp³-hybridized carbons (Fsp3) is 0.143. The van der Waals surface area contributed by atoms with E-state index in [1.54, 1.807) is 0 Å². The molecule has 3 aliphatic rings. The number of benzene rings is 6. The number of rotatable bonds is 2. The van der Waals surface area contributed by atoms with Crippen LogP contribution in [0.15, 0.2) is 131 Å². The van der Waals surface area contributed by atoms with E-state index in [1.165, 1.54) is 87.7 Å². The van der Waals surface area contributed by atoms with Gasteiger partial charge in [0.1, 0.15) is 0 Å². The average molecular weight is 597 g/mol. The molecule has 0 saturated carbocycles. The second kappa shape index (κ2) is 8.50. The summed E-state index contributed by atoms with van der Waals surface area (Å²) in [5.74, 6) is 0. The highest BCUT2D eigenvalue weighted by molar-refractivity contribution is 7.99. The van der Waals surface area contributed by atoms with Gasteiger partial charge in [-0.15, -0.1) is 0 Å². The maximum absolute atomic E-state index is 2.62. The zero-order valence-electron chi connectivity index (χ0n) is 25.8. The lowest BCUT2D eigenvalue weighted by Crippen LogP contribution is -2.39. The smallest absolute Gasteiger partial charge is 0.0642 e. The van der Waals surface area contributed by atoms with Crippen LogP contribution in [-0.2, 0) is 10.8 Å². The van der Waals surface area contributed by atoms with Gasteiger partial charge in [-0.3, -0.25) is 0 Å². The van der Waals surface area contributed by atoms with Crippen LogP contribution in [0.4, 0.5) is 17.1 Å². The Labute approximate surface area is 267 Å². The molecule has 0 N–H and O–H groups in total. The van der Waals surface area contributed by atoms with Gasteiger partial charge < -0.3 is 9.47 Å². The molecule has 0 fully saturated rings. The van der Waals surface area contributed by atoms with Crippen LogP contribution in [0.5, 0.6) is 0 Å². The third kappa shape index (κ3) is 3.12. The van der Waals surface area contributed by atoms with Gasteiger partial charge >= 0.3 is 0 Å². The van der Waals surface area contributed by atoms with E-state index in [2.05, 4.69) is 158 Å². The molecule has 0 amide bonds. The highest BCUT2D eigenvalue weighted by Gasteiger charge is 2.48. The largest absolute Gasteiger partial charge is 0.309 e. The Bertz CT molecular complexity index is 2320. The van der Waals surface area contributed by atoms with Crippen LogP contribution in [0.25, 0.3) is 38.6 Å². The molecule has 0 radical (unpaired) electrons. The molecule has 0 aliphatic carbocycles. The van der Waals surface area contributed by atoms with E-state index < -0.39 is 0 Å². The number of fused-ring (bicyclic) bond motifs is 3. The van der Waals surface area contributed by atoms with Gasteiger partial charge in [0.2, 0.25) is 0 Å². The maximum Gasteiger partial charge on any atom is 0.0642 e. The van der Waals surface area contributed by atoms with Crippen molar-refractivity contribution in [2.24, 2.45) is 0 Å². The second-order valence-corrected chi connectivity index (χ2v) is 14.9. The van der Waals surface area contributed by atoms with E-state index in [-0.39, 0.29) is 10.8 Å². The third-order valence-electron chi connectivity index (χ3n) is 10.7. The SMILES string of the molecule is CC1(C)c2cccc3c2N2c4c(cccc4C(C)(C)c4cc(-c5cccc6c5c5ccccc5n6-c5ccccc5)cc1c42)S3. The topological polar surface area (TPSA) is 8.17 Å². The highest BCUT2D eigenvalue weighted by atomic mass is 32.2. The minimum Gasteiger partial charge on any atom is -0.309 e. The van der Waals surface area contributed by atoms with E-state index in [1.807, 2.05) is 11.8 Å². The number of anilines is 3. The molecule has 45 heavy (non-hydrogen) atoms. The summed E-state index contributed by atoms with van der Waals surface area (Å²) in [6.45, 7) is 9.70. The highest BCUT2D eigenvalue weighted by Crippen LogP contribution is 2.66. The van der Waals surface area contributed by atoms with Crippen molar-refractivity contribution in [2.45, 2.75) is 48.3 Å². The molecular formula is C42H32N2S. The molecule has 2 nitrogen and oxygen atoms in total. The van der Waals surface area contributed by atoms with E-state index in [0.29, 0.717) is 0 Å². The summed E-state index contributed by atoms with van der Waals surface area (Å²) >= 11 is 1.93. The minimum absolute atomic E-state index is 0.158. The van der Waals surface area contributed by atoms with Crippen LogP contribution in [0, 0.1) is 0 Å². The van der Waals surface area contributed by atoms with Crippen molar-refractivity contribution in [3.05, 3.63) is 144 Å². The molecular weight excluding hydrogens is 565 g/mol. The van der Waals surface area contributed by atoms with Gasteiger partial charge in [-0.05, 0) is 81.9 Å². The molecule has 216 valence electrons. The quantitative estimate of drug-likeness (QED) is 0.196. The van der Waals surface area contributed by atoms with Crippen LogP contribution in [-0.4, -0.2) is 4.57 Å². The summed E-state index contributed by atoms with van der Waals surface area (Å²) in [6.07, 6.45) is 0. The Hall–Kier alpha value is -4.73. The first-order valence-electron chi connectivity index (χ1n) is 15.9. The van der Waals surface area contributed by atoms with E-state index >= 15 is 0 Å². The van der Waals surface area contributed by atoms with Gasteiger partial charge in [-0.1, -0.05) is 112 Å². The lowest BCUT2D eigenvalue weighted by atomic mass is 9.65. The Balaban J connectivity index is 1.33. The Morgan fingerprint density at radius 2 is 1.09 bits per heavy atom. The monoisotopic (exact) mass is 596 g/mol. The molecule has 3 aliphatic heterocycles. The van der Waals surface area contributed by atoms with E-state index in [0.717, 1.165) is 0 Å². The number of aromatic nitrogens is 1. The molecule has 7 aromatic rings. The van der Waals surface area contributed by atoms with Gasteiger partial charge in [0.15, 0.2) is 0 Å². The van der Waals surface area contributed by atoms with Gasteiger partial charge in [0, 0.05) is 37.1 Å². The molecule has 6 aromatic carbocycles. The molecule has 0 saturated heterocycles. The molecule has 0 bridgehead atoms. The van der Waals surface area contributed by atoms with Gasteiger partial charge in [0.05, 0.1) is 28.1 Å². The van der Waals surface area contributed by atoms with Crippen molar-refractivity contribution >= 4 is 50.6 Å². The minimum atomic E-state index is -0.158. The predicted octanol–water partition coefficient (Wildman–Crippen LogP) is 11.7. The van der Waals surface area contributed by atoms with Crippen molar-refractivity contribution in [2.75, 3.05) is 4.90 Å². The normalized spacial score (nSPS) is 16.2. The molecule has 0 unspecified atom stereocenters. The first-order valence-corrected chi connectivity index (χ1v) is 16.7. The van der Waals surface area contributed by atoms with Crippen LogP contribution in [0.1, 0.15) is 49.9 Å². The van der Waals surface area contributed by atoms with Gasteiger partial charge in [0.25, 0.3) is 0 Å². The summed E-state index contributed by atoms with van der Waals surface area (Å²) in [5.41, 5.74) is 15.7. The summed E-state index contributed by atoms with van der Waals surface area (Å²) in [7, 11) is 0. The van der Waals surface area contributed by atoms with Crippen LogP contribution >= 0.6 is 11.8 Å². The second-order valence-electron chi connectivity index (χ2n) is 13.8. The van der Waals surface area contributed by atoms with Crippen molar-refractivity contribution in [1.29, 1.82) is 0 Å². The first-order chi connectivity index (χ1) is 21.9. The van der Waals surface area contributed by atoms with Crippen LogP contribution in [0.3, 0.4) is 0 Å². The maximum atomic E-state index is 2.62. The Morgan fingerprint density at radius 3 is 1.76 bits per heavy atom. The molecule has 0 atom stereocenters. The van der Waals surface area contributed by atoms with Gasteiger partial charge in [-0.2, -0.15) is 0 Å². The predicted molar refractivity (Wildman–Crippen MR) is 189 cm³/mol. The summed E-state index contributed by atoms with van der Waals surface area (Å²) in [4.78, 5) is 5.33. The average Bonchev–Trinajstić information content (AvgIpc) is 3.40. The summed E-state index contributed by atoms with van der Waals surface area (Å²) in [5, 5.41) is 2.60. The van der Waals surface area contributed by atoms with Crippen molar-refractivity contribution in [3.63, 3.8) is 0 Å². The van der Waals surface area contributed by atoms with E-state index in [9.17, 15) is 0 Å². The molecule has 1 aromatic heterocycles. The number of para-hydroxylation sites is 4. The van der Waals surface area contributed by atoms with Crippen molar-refractivity contribution in [3.8, 4) is 16.8 Å². The summed E-state index contributed by atoms with van der Waals surface area (Å²) in [6, 6.07) is 45.4. The lowest BCUT2D eigenvalue weighted by Gasteiger charge is -2.52. The third-order valence-corrected chi connectivity index (χ3v) is 11.8. The van der Waals surface area contributed by atoms with Crippen LogP contribution < -0.4 is 4.90 Å². The Kier molecular flexibility index (Phi) is 4.83. The number of hydrogen-bond donors (Lipinski definition) is 0. The molecule has 0 spiro atoms.